The smallest absolute Gasteiger partial charge is 0.149 e. The summed E-state index contributed by atoms with van der Waals surface area (Å²) in [6.07, 6.45) is 7.30. The van der Waals surface area contributed by atoms with E-state index in [9.17, 15) is 8.78 Å². The Hall–Kier alpha value is -2.29. The summed E-state index contributed by atoms with van der Waals surface area (Å²) in [5.41, 5.74) is 1.14. The minimum Gasteiger partial charge on any atom is -0.383 e. The minimum absolute atomic E-state index is 0.211. The highest BCUT2D eigenvalue weighted by Crippen LogP contribution is 2.39. The fraction of sp³-hybridized carbons (Fsp3) is 0.577. The number of rotatable bonds is 11. The Labute approximate surface area is 200 Å². The molecule has 0 bridgehead atoms. The first-order chi connectivity index (χ1) is 16.4. The van der Waals surface area contributed by atoms with Crippen molar-refractivity contribution in [3.05, 3.63) is 42.1 Å². The van der Waals surface area contributed by atoms with Crippen LogP contribution >= 0.6 is 0 Å². The van der Waals surface area contributed by atoms with E-state index in [1.807, 2.05) is 0 Å². The van der Waals surface area contributed by atoms with Crippen LogP contribution in [-0.2, 0) is 9.47 Å². The standard InChI is InChI=1S/C26H36F2N4O2/c1-17(15-33-2)31-19-5-7-20(8-6-19)32-25-13-21(23(28)14-29-25)18-4-9-22(27)24(12-18)30-16-26(34-3)10-11-26/h4,9,12-14,17,19-20,30-31H,5-8,10-11,15-16H2,1-3H3,(H,29,32). The summed E-state index contributed by atoms with van der Waals surface area (Å²) in [6, 6.07) is 7.45. The molecule has 3 N–H and O–H groups in total. The summed E-state index contributed by atoms with van der Waals surface area (Å²) in [6.45, 7) is 3.36. The van der Waals surface area contributed by atoms with E-state index in [1.54, 1.807) is 32.4 Å². The minimum atomic E-state index is -0.432. The van der Waals surface area contributed by atoms with Crippen LogP contribution in [0.1, 0.15) is 45.4 Å². The zero-order chi connectivity index (χ0) is 24.1. The summed E-state index contributed by atoms with van der Waals surface area (Å²) in [5.74, 6) is -0.164. The van der Waals surface area contributed by atoms with E-state index < -0.39 is 5.82 Å². The molecule has 8 heteroatoms. The van der Waals surface area contributed by atoms with Gasteiger partial charge in [0.15, 0.2) is 0 Å². The van der Waals surface area contributed by atoms with Gasteiger partial charge >= 0.3 is 0 Å². The fourth-order valence-electron chi connectivity index (χ4n) is 4.73. The van der Waals surface area contributed by atoms with Crippen molar-refractivity contribution in [1.82, 2.24) is 10.3 Å². The quantitative estimate of drug-likeness (QED) is 0.428. The fourth-order valence-corrected chi connectivity index (χ4v) is 4.73. The van der Waals surface area contributed by atoms with Crippen LogP contribution in [0.15, 0.2) is 30.5 Å². The molecule has 2 fully saturated rings. The highest BCUT2D eigenvalue weighted by molar-refractivity contribution is 5.71. The Bertz CT molecular complexity index is 962. The predicted octanol–water partition coefficient (Wildman–Crippen LogP) is 4.97. The number of hydrogen-bond acceptors (Lipinski definition) is 6. The van der Waals surface area contributed by atoms with E-state index in [4.69, 9.17) is 9.47 Å². The summed E-state index contributed by atoms with van der Waals surface area (Å²) >= 11 is 0. The lowest BCUT2D eigenvalue weighted by molar-refractivity contribution is 0.0914. The molecule has 0 spiro atoms. The van der Waals surface area contributed by atoms with Crippen LogP contribution in [0.4, 0.5) is 20.3 Å². The molecule has 0 amide bonds. The van der Waals surface area contributed by atoms with Gasteiger partial charge in [0, 0.05) is 44.5 Å². The third-order valence-electron chi connectivity index (χ3n) is 6.99. The number of halogens is 2. The van der Waals surface area contributed by atoms with Crippen LogP contribution in [0.5, 0.6) is 0 Å². The second kappa shape index (κ2) is 11.0. The third-order valence-corrected chi connectivity index (χ3v) is 6.99. The molecule has 186 valence electrons. The van der Waals surface area contributed by atoms with E-state index in [0.717, 1.165) is 38.5 Å². The maximum Gasteiger partial charge on any atom is 0.149 e. The van der Waals surface area contributed by atoms with Gasteiger partial charge in [-0.25, -0.2) is 13.8 Å². The number of hydrogen-bond donors (Lipinski definition) is 3. The van der Waals surface area contributed by atoms with E-state index >= 15 is 0 Å². The average molecular weight is 475 g/mol. The third kappa shape index (κ3) is 6.23. The topological polar surface area (TPSA) is 67.4 Å². The molecule has 2 aliphatic carbocycles. The molecule has 1 atom stereocenters. The van der Waals surface area contributed by atoms with Gasteiger partial charge < -0.3 is 25.4 Å². The Morgan fingerprint density at radius 1 is 1.06 bits per heavy atom. The number of nitrogens with one attached hydrogen (secondary N) is 3. The molecule has 1 heterocycles. The highest BCUT2D eigenvalue weighted by Gasteiger charge is 2.42. The lowest BCUT2D eigenvalue weighted by Crippen LogP contribution is -2.42. The Balaban J connectivity index is 1.39. The summed E-state index contributed by atoms with van der Waals surface area (Å²) < 4.78 is 39.8. The first kappa shape index (κ1) is 24.8. The molecule has 1 aromatic carbocycles. The van der Waals surface area contributed by atoms with Crippen LogP contribution < -0.4 is 16.0 Å². The number of anilines is 2. The van der Waals surface area contributed by atoms with E-state index in [1.165, 1.54) is 12.3 Å². The number of methoxy groups -OCH3 is 2. The second-order valence-electron chi connectivity index (χ2n) is 9.70. The van der Waals surface area contributed by atoms with Crippen LogP contribution in [0, 0.1) is 11.6 Å². The first-order valence-corrected chi connectivity index (χ1v) is 12.2. The molecule has 6 nitrogen and oxygen atoms in total. The van der Waals surface area contributed by atoms with Gasteiger partial charge in [0.25, 0.3) is 0 Å². The van der Waals surface area contributed by atoms with Gasteiger partial charge in [0.2, 0.25) is 0 Å². The predicted molar refractivity (Wildman–Crippen MR) is 131 cm³/mol. The van der Waals surface area contributed by atoms with Crippen molar-refractivity contribution >= 4 is 11.5 Å². The summed E-state index contributed by atoms with van der Waals surface area (Å²) in [4.78, 5) is 4.25. The molecule has 2 aromatic rings. The molecular weight excluding hydrogens is 438 g/mol. The van der Waals surface area contributed by atoms with Gasteiger partial charge in [-0.05, 0) is 69.2 Å². The van der Waals surface area contributed by atoms with Crippen molar-refractivity contribution in [3.63, 3.8) is 0 Å². The van der Waals surface area contributed by atoms with Crippen molar-refractivity contribution in [2.24, 2.45) is 0 Å². The van der Waals surface area contributed by atoms with Crippen molar-refractivity contribution in [2.75, 3.05) is 38.0 Å². The van der Waals surface area contributed by atoms with E-state index in [2.05, 4.69) is 27.9 Å². The molecule has 1 unspecified atom stereocenters. The molecule has 1 aromatic heterocycles. The van der Waals surface area contributed by atoms with Crippen molar-refractivity contribution in [3.8, 4) is 11.1 Å². The molecular formula is C26H36F2N4O2. The zero-order valence-corrected chi connectivity index (χ0v) is 20.3. The molecule has 2 aliphatic rings. The zero-order valence-electron chi connectivity index (χ0n) is 20.3. The lowest BCUT2D eigenvalue weighted by atomic mass is 9.90. The Morgan fingerprint density at radius 2 is 1.79 bits per heavy atom. The molecule has 4 rings (SSSR count). The number of pyridine rings is 1. The summed E-state index contributed by atoms with van der Waals surface area (Å²) in [7, 11) is 3.39. The number of ether oxygens (including phenoxy) is 2. The van der Waals surface area contributed by atoms with Crippen LogP contribution in [0.3, 0.4) is 0 Å². The van der Waals surface area contributed by atoms with E-state index in [-0.39, 0.29) is 17.5 Å². The van der Waals surface area contributed by atoms with Crippen LogP contribution in [0.2, 0.25) is 0 Å². The van der Waals surface area contributed by atoms with Crippen LogP contribution in [0.25, 0.3) is 11.1 Å². The normalized spacial score (nSPS) is 22.3. The number of aromatic nitrogens is 1. The van der Waals surface area contributed by atoms with Crippen molar-refractivity contribution in [1.29, 1.82) is 0 Å². The van der Waals surface area contributed by atoms with Crippen LogP contribution in [-0.4, -0.2) is 56.1 Å². The molecule has 0 saturated heterocycles. The lowest BCUT2D eigenvalue weighted by Gasteiger charge is -2.31. The molecule has 0 radical (unpaired) electrons. The first-order valence-electron chi connectivity index (χ1n) is 12.2. The van der Waals surface area contributed by atoms with Gasteiger partial charge in [-0.1, -0.05) is 6.07 Å². The number of benzene rings is 1. The van der Waals surface area contributed by atoms with Gasteiger partial charge in [0.05, 0.1) is 24.1 Å². The van der Waals surface area contributed by atoms with Gasteiger partial charge in [-0.3, -0.25) is 0 Å². The van der Waals surface area contributed by atoms with Gasteiger partial charge in [0.1, 0.15) is 17.5 Å². The van der Waals surface area contributed by atoms with E-state index in [0.29, 0.717) is 47.9 Å². The monoisotopic (exact) mass is 474 g/mol. The summed E-state index contributed by atoms with van der Waals surface area (Å²) in [5, 5.41) is 10.2. The largest absolute Gasteiger partial charge is 0.383 e. The maximum atomic E-state index is 14.7. The van der Waals surface area contributed by atoms with Gasteiger partial charge in [-0.15, -0.1) is 0 Å². The molecule has 2 saturated carbocycles. The molecule has 0 aliphatic heterocycles. The average Bonchev–Trinajstić information content (AvgIpc) is 3.62. The highest BCUT2D eigenvalue weighted by atomic mass is 19.1. The maximum absolute atomic E-state index is 14.7. The second-order valence-corrected chi connectivity index (χ2v) is 9.70. The number of nitrogens with zero attached hydrogens (tertiary/aromatic N) is 1. The molecule has 34 heavy (non-hydrogen) atoms. The van der Waals surface area contributed by atoms with Crippen molar-refractivity contribution < 1.29 is 18.3 Å². The van der Waals surface area contributed by atoms with Gasteiger partial charge in [-0.2, -0.15) is 0 Å². The Kier molecular flexibility index (Phi) is 8.01. The SMILES string of the molecule is COCC(C)NC1CCC(Nc2cc(-c3ccc(F)c(NCC4(OC)CC4)c3)c(F)cn2)CC1. The Morgan fingerprint density at radius 3 is 2.47 bits per heavy atom. The van der Waals surface area contributed by atoms with Crippen molar-refractivity contribution in [2.45, 2.75) is 69.2 Å².